The molecule has 0 bridgehead atoms. The second-order valence-corrected chi connectivity index (χ2v) is 5.30. The molecule has 2 rings (SSSR count). The largest absolute Gasteiger partial charge is 0.397 e. The van der Waals surface area contributed by atoms with Gasteiger partial charge < -0.3 is 15.6 Å². The number of rotatable bonds is 4. The molecular weight excluding hydrogens is 294 g/mol. The molecule has 10 nitrogen and oxygen atoms in total. The number of nitrogens with two attached hydrogens (primary N) is 1. The van der Waals surface area contributed by atoms with E-state index < -0.39 is 41.1 Å². The van der Waals surface area contributed by atoms with Crippen molar-refractivity contribution in [2.75, 3.05) is 12.3 Å². The maximum atomic E-state index is 11.6. The molecule has 3 unspecified atom stereocenters. The summed E-state index contributed by atoms with van der Waals surface area (Å²) < 4.78 is 39.9. The van der Waals surface area contributed by atoms with E-state index in [0.717, 1.165) is 4.57 Å². The van der Waals surface area contributed by atoms with Crippen LogP contribution >= 0.6 is 0 Å². The third-order valence-electron chi connectivity index (χ3n) is 2.69. The number of aliphatic hydroxyl groups excluding tert-OH is 1. The van der Waals surface area contributed by atoms with Crippen molar-refractivity contribution < 1.29 is 27.0 Å². The fraction of sp³-hybridized carbons (Fsp3) is 0.556. The standard InChI is InChI=1S/C9H13N3O7S/c10-7-1-2-12(9(14)11-7)8-6(13)3-5(19-8)4-18-20(15,16)17/h1-2,5-6,8,13H,3-4H2,(H2,10,11,14)(H,15,16,17). The lowest BCUT2D eigenvalue weighted by molar-refractivity contribution is -0.0504. The summed E-state index contributed by atoms with van der Waals surface area (Å²) in [7, 11) is -4.58. The quantitative estimate of drug-likeness (QED) is 0.551. The molecule has 11 heteroatoms. The van der Waals surface area contributed by atoms with Gasteiger partial charge in [0.15, 0.2) is 6.23 Å². The zero-order valence-electron chi connectivity index (χ0n) is 10.1. The maximum Gasteiger partial charge on any atom is 0.397 e. The molecule has 20 heavy (non-hydrogen) atoms. The lowest BCUT2D eigenvalue weighted by Gasteiger charge is -2.17. The number of hydrogen-bond acceptors (Lipinski definition) is 8. The highest BCUT2D eigenvalue weighted by Gasteiger charge is 2.36. The monoisotopic (exact) mass is 307 g/mol. The second kappa shape index (κ2) is 5.46. The Morgan fingerprint density at radius 2 is 2.30 bits per heavy atom. The smallest absolute Gasteiger partial charge is 0.388 e. The van der Waals surface area contributed by atoms with Crippen molar-refractivity contribution in [1.82, 2.24) is 9.55 Å². The van der Waals surface area contributed by atoms with Crippen LogP contribution in [0, 0.1) is 0 Å². The molecule has 0 radical (unpaired) electrons. The summed E-state index contributed by atoms with van der Waals surface area (Å²) >= 11 is 0. The van der Waals surface area contributed by atoms with Crippen LogP contribution < -0.4 is 11.4 Å². The van der Waals surface area contributed by atoms with Crippen LogP contribution in [0.25, 0.3) is 0 Å². The van der Waals surface area contributed by atoms with Crippen LogP contribution in [0.15, 0.2) is 17.1 Å². The van der Waals surface area contributed by atoms with E-state index in [-0.39, 0.29) is 12.2 Å². The number of nitrogen functional groups attached to an aromatic ring is 1. The first-order valence-electron chi connectivity index (χ1n) is 5.56. The summed E-state index contributed by atoms with van der Waals surface area (Å²) in [6.45, 7) is -0.469. The van der Waals surface area contributed by atoms with Crippen molar-refractivity contribution in [3.05, 3.63) is 22.7 Å². The van der Waals surface area contributed by atoms with Crippen LogP contribution in [0.1, 0.15) is 12.6 Å². The van der Waals surface area contributed by atoms with Crippen LogP contribution in [-0.4, -0.2) is 46.4 Å². The predicted molar refractivity (Wildman–Crippen MR) is 64.9 cm³/mol. The van der Waals surface area contributed by atoms with Crippen LogP contribution in [0.4, 0.5) is 5.82 Å². The Bertz CT molecular complexity index is 643. The van der Waals surface area contributed by atoms with Gasteiger partial charge in [0.05, 0.1) is 12.7 Å². The van der Waals surface area contributed by atoms with E-state index in [2.05, 4.69) is 9.17 Å². The highest BCUT2D eigenvalue weighted by molar-refractivity contribution is 7.80. The van der Waals surface area contributed by atoms with E-state index in [1.165, 1.54) is 12.3 Å². The SMILES string of the molecule is Nc1ccn(C2OC(COS(=O)(=O)O)CC2O)c(=O)n1. The Hall–Kier alpha value is -1.53. The number of nitrogens with zero attached hydrogens (tertiary/aromatic N) is 2. The summed E-state index contributed by atoms with van der Waals surface area (Å²) in [5, 5.41) is 9.82. The minimum absolute atomic E-state index is 0.0324. The Morgan fingerprint density at radius 3 is 2.90 bits per heavy atom. The number of aromatic nitrogens is 2. The predicted octanol–water partition coefficient (Wildman–Crippen LogP) is -1.71. The van der Waals surface area contributed by atoms with Crippen molar-refractivity contribution in [2.24, 2.45) is 0 Å². The fourth-order valence-corrected chi connectivity index (χ4v) is 2.19. The van der Waals surface area contributed by atoms with Gasteiger partial charge in [-0.1, -0.05) is 0 Å². The molecule has 0 aliphatic carbocycles. The summed E-state index contributed by atoms with van der Waals surface area (Å²) in [6.07, 6.45) is -1.51. The van der Waals surface area contributed by atoms with Crippen molar-refractivity contribution in [3.8, 4) is 0 Å². The molecule has 1 fully saturated rings. The maximum absolute atomic E-state index is 11.6. The van der Waals surface area contributed by atoms with Crippen LogP contribution in [0.5, 0.6) is 0 Å². The molecule has 1 aliphatic rings. The third kappa shape index (κ3) is 3.52. The first kappa shape index (κ1) is 14.9. The number of anilines is 1. The van der Waals surface area contributed by atoms with Gasteiger partial charge in [0.25, 0.3) is 0 Å². The van der Waals surface area contributed by atoms with E-state index in [1.807, 2.05) is 0 Å². The van der Waals surface area contributed by atoms with Crippen molar-refractivity contribution in [3.63, 3.8) is 0 Å². The molecule has 1 aromatic rings. The number of hydrogen-bond donors (Lipinski definition) is 3. The van der Waals surface area contributed by atoms with E-state index in [1.54, 1.807) is 0 Å². The number of ether oxygens (including phenoxy) is 1. The summed E-state index contributed by atoms with van der Waals surface area (Å²) in [6, 6.07) is 1.36. The average molecular weight is 307 g/mol. The lowest BCUT2D eigenvalue weighted by Crippen LogP contribution is -2.31. The average Bonchev–Trinajstić information content (AvgIpc) is 2.67. The van der Waals surface area contributed by atoms with Gasteiger partial charge in [0.1, 0.15) is 11.9 Å². The first-order valence-corrected chi connectivity index (χ1v) is 6.93. The van der Waals surface area contributed by atoms with Gasteiger partial charge in [-0.15, -0.1) is 0 Å². The van der Waals surface area contributed by atoms with Crippen LogP contribution in [-0.2, 0) is 19.3 Å². The Morgan fingerprint density at radius 1 is 1.60 bits per heavy atom. The molecule has 3 atom stereocenters. The van der Waals surface area contributed by atoms with Gasteiger partial charge in [-0.2, -0.15) is 13.4 Å². The molecule has 112 valence electrons. The molecular formula is C9H13N3O7S. The fourth-order valence-electron chi connectivity index (χ4n) is 1.87. The normalized spacial score (nSPS) is 26.8. The van der Waals surface area contributed by atoms with Crippen molar-refractivity contribution in [1.29, 1.82) is 0 Å². The van der Waals surface area contributed by atoms with E-state index in [9.17, 15) is 18.3 Å². The summed E-state index contributed by atoms with van der Waals surface area (Å²) in [4.78, 5) is 15.1. The molecule has 1 aliphatic heterocycles. The second-order valence-electron chi connectivity index (χ2n) is 4.21. The zero-order valence-corrected chi connectivity index (χ0v) is 10.9. The highest BCUT2D eigenvalue weighted by Crippen LogP contribution is 2.28. The molecule has 1 aromatic heterocycles. The molecule has 0 spiro atoms. The molecule has 4 N–H and O–H groups in total. The van der Waals surface area contributed by atoms with E-state index in [4.69, 9.17) is 15.0 Å². The molecule has 0 saturated carbocycles. The molecule has 0 aromatic carbocycles. The van der Waals surface area contributed by atoms with Crippen molar-refractivity contribution >= 4 is 16.2 Å². The molecule has 0 amide bonds. The van der Waals surface area contributed by atoms with Crippen LogP contribution in [0.2, 0.25) is 0 Å². The zero-order chi connectivity index (χ0) is 14.9. The van der Waals surface area contributed by atoms with E-state index >= 15 is 0 Å². The number of aliphatic hydroxyl groups is 1. The topological polar surface area (TPSA) is 154 Å². The first-order chi connectivity index (χ1) is 9.26. The van der Waals surface area contributed by atoms with Crippen LogP contribution in [0.3, 0.4) is 0 Å². The minimum atomic E-state index is -4.58. The summed E-state index contributed by atoms with van der Waals surface area (Å²) in [5.74, 6) is 0.0324. The van der Waals surface area contributed by atoms with Gasteiger partial charge in [-0.25, -0.2) is 8.98 Å². The highest BCUT2D eigenvalue weighted by atomic mass is 32.3. The van der Waals surface area contributed by atoms with Crippen molar-refractivity contribution in [2.45, 2.75) is 24.9 Å². The third-order valence-corrected chi connectivity index (χ3v) is 3.13. The minimum Gasteiger partial charge on any atom is -0.388 e. The Balaban J connectivity index is 2.09. The lowest BCUT2D eigenvalue weighted by atomic mass is 10.2. The van der Waals surface area contributed by atoms with Gasteiger partial charge >= 0.3 is 16.1 Å². The molecule has 1 saturated heterocycles. The van der Waals surface area contributed by atoms with E-state index in [0.29, 0.717) is 0 Å². The summed E-state index contributed by atoms with van der Waals surface area (Å²) in [5.41, 5.74) is 4.64. The molecule has 2 heterocycles. The van der Waals surface area contributed by atoms with Gasteiger partial charge in [-0.05, 0) is 6.07 Å². The van der Waals surface area contributed by atoms with Gasteiger partial charge in [0.2, 0.25) is 0 Å². The Kier molecular flexibility index (Phi) is 4.06. The van der Waals surface area contributed by atoms with Gasteiger partial charge in [-0.3, -0.25) is 9.12 Å². The Labute approximate surface area is 113 Å². The van der Waals surface area contributed by atoms with Gasteiger partial charge in [0, 0.05) is 12.6 Å².